The molecular formula is C21H24N2O2S. The minimum atomic E-state index is 0.403. The highest BCUT2D eigenvalue weighted by Gasteiger charge is 2.26. The van der Waals surface area contributed by atoms with Gasteiger partial charge in [-0.25, -0.2) is 4.98 Å². The molecule has 0 amide bonds. The number of likely N-dealkylation sites (tertiary alicyclic amines) is 1. The molecule has 136 valence electrons. The molecule has 2 aromatic heterocycles. The normalized spacial score (nSPS) is 18.2. The lowest BCUT2D eigenvalue weighted by Crippen LogP contribution is -2.33. The van der Waals surface area contributed by atoms with E-state index in [2.05, 4.69) is 34.5 Å². The van der Waals surface area contributed by atoms with Gasteiger partial charge in [-0.2, -0.15) is 0 Å². The Labute approximate surface area is 158 Å². The minimum Gasteiger partial charge on any atom is -0.497 e. The number of benzene rings is 1. The second kappa shape index (κ2) is 7.64. The van der Waals surface area contributed by atoms with Crippen LogP contribution in [0.3, 0.4) is 0 Å². The van der Waals surface area contributed by atoms with Crippen LogP contribution in [0.5, 0.6) is 5.75 Å². The summed E-state index contributed by atoms with van der Waals surface area (Å²) in [6.45, 7) is 3.93. The quantitative estimate of drug-likeness (QED) is 0.600. The van der Waals surface area contributed by atoms with Gasteiger partial charge in [0.15, 0.2) is 0 Å². The van der Waals surface area contributed by atoms with Gasteiger partial charge in [0.1, 0.15) is 11.5 Å². The van der Waals surface area contributed by atoms with Gasteiger partial charge in [0.2, 0.25) is 5.89 Å². The van der Waals surface area contributed by atoms with Crippen molar-refractivity contribution in [2.24, 2.45) is 0 Å². The van der Waals surface area contributed by atoms with Crippen molar-refractivity contribution in [3.8, 4) is 16.5 Å². The number of rotatable bonds is 5. The predicted octanol–water partition coefficient (Wildman–Crippen LogP) is 5.45. The first kappa shape index (κ1) is 17.3. The number of oxazole rings is 1. The molecule has 0 spiro atoms. The number of ether oxygens (including phenoxy) is 1. The van der Waals surface area contributed by atoms with Crippen molar-refractivity contribution in [3.05, 3.63) is 58.8 Å². The second-order valence-electron chi connectivity index (χ2n) is 6.76. The molecule has 0 unspecified atom stereocenters. The van der Waals surface area contributed by atoms with Gasteiger partial charge in [-0.05, 0) is 55.5 Å². The number of hydrogen-bond acceptors (Lipinski definition) is 5. The van der Waals surface area contributed by atoms with Gasteiger partial charge >= 0.3 is 0 Å². The van der Waals surface area contributed by atoms with Crippen LogP contribution < -0.4 is 4.74 Å². The third-order valence-corrected chi connectivity index (χ3v) is 5.93. The standard InChI is InChI=1S/C21H24N2O2S/c1-15-18(22-21(25-15)20-10-6-12-26-20)14-23-11-4-3-9-19(23)16-7-5-8-17(13-16)24-2/h5-8,10,12-13,19H,3-4,9,11,14H2,1-2H3/t19-/m0/s1. The molecule has 4 rings (SSSR count). The van der Waals surface area contributed by atoms with Gasteiger partial charge in [-0.1, -0.05) is 24.6 Å². The Morgan fingerprint density at radius 1 is 1.27 bits per heavy atom. The van der Waals surface area contributed by atoms with Crippen LogP contribution in [0.2, 0.25) is 0 Å². The van der Waals surface area contributed by atoms with E-state index in [0.717, 1.165) is 41.1 Å². The molecule has 1 fully saturated rings. The average molecular weight is 369 g/mol. The van der Waals surface area contributed by atoms with E-state index >= 15 is 0 Å². The predicted molar refractivity (Wildman–Crippen MR) is 105 cm³/mol. The largest absolute Gasteiger partial charge is 0.497 e. The summed E-state index contributed by atoms with van der Waals surface area (Å²) in [5, 5.41) is 2.05. The molecule has 5 heteroatoms. The smallest absolute Gasteiger partial charge is 0.236 e. The number of thiophene rings is 1. The summed E-state index contributed by atoms with van der Waals surface area (Å²) in [5.74, 6) is 2.58. The van der Waals surface area contributed by atoms with E-state index in [9.17, 15) is 0 Å². The van der Waals surface area contributed by atoms with Gasteiger partial charge in [-0.15, -0.1) is 11.3 Å². The van der Waals surface area contributed by atoms with E-state index in [1.54, 1.807) is 18.4 Å². The van der Waals surface area contributed by atoms with Crippen molar-refractivity contribution in [3.63, 3.8) is 0 Å². The third kappa shape index (κ3) is 3.55. The molecule has 1 aromatic carbocycles. The Morgan fingerprint density at radius 3 is 3.00 bits per heavy atom. The molecule has 3 aromatic rings. The fraction of sp³-hybridized carbons (Fsp3) is 0.381. The molecular weight excluding hydrogens is 344 g/mol. The van der Waals surface area contributed by atoms with E-state index in [1.807, 2.05) is 19.1 Å². The highest BCUT2D eigenvalue weighted by Crippen LogP contribution is 2.34. The van der Waals surface area contributed by atoms with E-state index < -0.39 is 0 Å². The molecule has 1 aliphatic heterocycles. The Kier molecular flexibility index (Phi) is 5.09. The van der Waals surface area contributed by atoms with Gasteiger partial charge in [0.25, 0.3) is 0 Å². The fourth-order valence-corrected chi connectivity index (χ4v) is 4.33. The maximum Gasteiger partial charge on any atom is 0.236 e. The van der Waals surface area contributed by atoms with E-state index in [-0.39, 0.29) is 0 Å². The van der Waals surface area contributed by atoms with Gasteiger partial charge in [0, 0.05) is 12.6 Å². The van der Waals surface area contributed by atoms with Crippen LogP contribution in [0.15, 0.2) is 46.2 Å². The molecule has 0 aliphatic carbocycles. The van der Waals surface area contributed by atoms with Gasteiger partial charge < -0.3 is 9.15 Å². The first-order valence-corrected chi connectivity index (χ1v) is 10.0. The third-order valence-electron chi connectivity index (χ3n) is 5.07. The Hall–Kier alpha value is -2.11. The van der Waals surface area contributed by atoms with Crippen molar-refractivity contribution in [2.75, 3.05) is 13.7 Å². The molecule has 0 saturated carbocycles. The summed E-state index contributed by atoms with van der Waals surface area (Å²) in [7, 11) is 1.72. The summed E-state index contributed by atoms with van der Waals surface area (Å²) < 4.78 is 11.3. The summed E-state index contributed by atoms with van der Waals surface area (Å²) in [5.41, 5.74) is 2.37. The zero-order valence-corrected chi connectivity index (χ0v) is 16.1. The number of nitrogens with zero attached hydrogens (tertiary/aromatic N) is 2. The van der Waals surface area contributed by atoms with Crippen LogP contribution in [0, 0.1) is 6.92 Å². The Morgan fingerprint density at radius 2 is 2.19 bits per heavy atom. The lowest BCUT2D eigenvalue weighted by Gasteiger charge is -2.35. The van der Waals surface area contributed by atoms with Crippen LogP contribution >= 0.6 is 11.3 Å². The molecule has 26 heavy (non-hydrogen) atoms. The molecule has 0 N–H and O–H groups in total. The molecule has 0 bridgehead atoms. The van der Waals surface area contributed by atoms with Crippen molar-refractivity contribution in [1.82, 2.24) is 9.88 Å². The Bertz CT molecular complexity index is 857. The fourth-order valence-electron chi connectivity index (χ4n) is 3.68. The topological polar surface area (TPSA) is 38.5 Å². The van der Waals surface area contributed by atoms with Crippen LogP contribution in [-0.4, -0.2) is 23.5 Å². The van der Waals surface area contributed by atoms with Crippen molar-refractivity contribution in [2.45, 2.75) is 38.8 Å². The summed E-state index contributed by atoms with van der Waals surface area (Å²) in [6, 6.07) is 12.9. The SMILES string of the molecule is COc1cccc([C@@H]2CCCCN2Cc2nc(-c3cccs3)oc2C)c1. The lowest BCUT2D eigenvalue weighted by molar-refractivity contribution is 0.138. The van der Waals surface area contributed by atoms with E-state index in [0.29, 0.717) is 6.04 Å². The highest BCUT2D eigenvalue weighted by molar-refractivity contribution is 7.13. The Balaban J connectivity index is 1.57. The summed E-state index contributed by atoms with van der Waals surface area (Å²) >= 11 is 1.66. The molecule has 1 aliphatic rings. The first-order valence-electron chi connectivity index (χ1n) is 9.13. The molecule has 1 saturated heterocycles. The lowest BCUT2D eigenvalue weighted by atomic mass is 9.95. The summed E-state index contributed by atoms with van der Waals surface area (Å²) in [4.78, 5) is 8.40. The molecule has 1 atom stereocenters. The minimum absolute atomic E-state index is 0.403. The molecule has 0 radical (unpaired) electrons. The van der Waals surface area contributed by atoms with Crippen molar-refractivity contribution in [1.29, 1.82) is 0 Å². The van der Waals surface area contributed by atoms with Crippen LogP contribution in [0.1, 0.15) is 42.3 Å². The number of aryl methyl sites for hydroxylation is 1. The monoisotopic (exact) mass is 368 g/mol. The number of aromatic nitrogens is 1. The zero-order chi connectivity index (χ0) is 17.9. The maximum atomic E-state index is 5.93. The van der Waals surface area contributed by atoms with Crippen LogP contribution in [0.4, 0.5) is 0 Å². The van der Waals surface area contributed by atoms with Crippen LogP contribution in [-0.2, 0) is 6.54 Å². The van der Waals surface area contributed by atoms with Crippen molar-refractivity contribution < 1.29 is 9.15 Å². The van der Waals surface area contributed by atoms with Crippen LogP contribution in [0.25, 0.3) is 10.8 Å². The van der Waals surface area contributed by atoms with Gasteiger partial charge in [-0.3, -0.25) is 4.90 Å². The zero-order valence-electron chi connectivity index (χ0n) is 15.3. The van der Waals surface area contributed by atoms with E-state index in [4.69, 9.17) is 14.1 Å². The number of methoxy groups -OCH3 is 1. The molecule has 3 heterocycles. The molecule has 4 nitrogen and oxygen atoms in total. The first-order chi connectivity index (χ1) is 12.7. The highest BCUT2D eigenvalue weighted by atomic mass is 32.1. The second-order valence-corrected chi connectivity index (χ2v) is 7.71. The van der Waals surface area contributed by atoms with E-state index in [1.165, 1.54) is 24.8 Å². The number of hydrogen-bond donors (Lipinski definition) is 0. The maximum absolute atomic E-state index is 5.93. The summed E-state index contributed by atoms with van der Waals surface area (Å²) in [6.07, 6.45) is 3.66. The van der Waals surface area contributed by atoms with Crippen molar-refractivity contribution >= 4 is 11.3 Å². The van der Waals surface area contributed by atoms with Gasteiger partial charge in [0.05, 0.1) is 17.7 Å². The average Bonchev–Trinajstić information content (AvgIpc) is 3.33. The number of piperidine rings is 1.